The normalized spacial score (nSPS) is 13.4. The first-order chi connectivity index (χ1) is 8.85. The Labute approximate surface area is 115 Å². The lowest BCUT2D eigenvalue weighted by molar-refractivity contribution is 0.0901. The van der Waals surface area contributed by atoms with Crippen molar-refractivity contribution in [1.82, 2.24) is 5.32 Å². The van der Waals surface area contributed by atoms with Gasteiger partial charge in [-0.05, 0) is 38.8 Å². The second kappa shape index (κ2) is 6.89. The lowest BCUT2D eigenvalue weighted by atomic mass is 10.1. The van der Waals surface area contributed by atoms with E-state index in [0.717, 1.165) is 16.9 Å². The predicted octanol–water partition coefficient (Wildman–Crippen LogP) is 1.40. The Morgan fingerprint density at radius 1 is 1.26 bits per heavy atom. The topological polar surface area (TPSA) is 61.7 Å². The van der Waals surface area contributed by atoms with E-state index in [1.165, 1.54) is 0 Å². The van der Waals surface area contributed by atoms with Gasteiger partial charge in [-0.25, -0.2) is 0 Å². The van der Waals surface area contributed by atoms with Crippen LogP contribution < -0.4 is 10.1 Å². The number of aliphatic hydroxyl groups excluding tert-OH is 2. The van der Waals surface area contributed by atoms with E-state index in [-0.39, 0.29) is 18.8 Å². The van der Waals surface area contributed by atoms with Crippen molar-refractivity contribution in [2.75, 3.05) is 19.8 Å². The van der Waals surface area contributed by atoms with Crippen molar-refractivity contribution in [2.24, 2.45) is 0 Å². The molecule has 0 aliphatic rings. The minimum atomic E-state index is -0.607. The smallest absolute Gasteiger partial charge is 0.125 e. The molecule has 4 nitrogen and oxygen atoms in total. The molecular weight excluding hydrogens is 242 g/mol. The number of β-amino-alcohol motifs (C(OH)–C–C–N with tert-alkyl or cyclic N) is 1. The maximum atomic E-state index is 9.88. The van der Waals surface area contributed by atoms with Gasteiger partial charge in [0.15, 0.2) is 0 Å². The lowest BCUT2D eigenvalue weighted by Crippen LogP contribution is -2.47. The Hall–Kier alpha value is -1.10. The zero-order chi connectivity index (χ0) is 14.5. The molecule has 0 amide bonds. The lowest BCUT2D eigenvalue weighted by Gasteiger charge is -2.25. The SMILES string of the molecule is Cc1cccc(C)c1OC[C@@H](O)CNC(C)(C)CO. The zero-order valence-electron chi connectivity index (χ0n) is 12.2. The maximum absolute atomic E-state index is 9.88. The number of benzene rings is 1. The molecule has 4 heteroatoms. The molecule has 0 heterocycles. The van der Waals surface area contributed by atoms with Crippen LogP contribution in [0.1, 0.15) is 25.0 Å². The highest BCUT2D eigenvalue weighted by Gasteiger charge is 2.17. The highest BCUT2D eigenvalue weighted by molar-refractivity contribution is 5.39. The number of para-hydroxylation sites is 1. The summed E-state index contributed by atoms with van der Waals surface area (Å²) in [5.41, 5.74) is 1.74. The molecule has 1 atom stereocenters. The van der Waals surface area contributed by atoms with Crippen LogP contribution in [0.15, 0.2) is 18.2 Å². The van der Waals surface area contributed by atoms with Crippen molar-refractivity contribution in [3.8, 4) is 5.75 Å². The zero-order valence-corrected chi connectivity index (χ0v) is 12.2. The third kappa shape index (κ3) is 5.19. The molecule has 1 aromatic rings. The van der Waals surface area contributed by atoms with E-state index in [9.17, 15) is 5.11 Å². The van der Waals surface area contributed by atoms with E-state index >= 15 is 0 Å². The summed E-state index contributed by atoms with van der Waals surface area (Å²) in [6.07, 6.45) is -0.607. The van der Waals surface area contributed by atoms with E-state index in [0.29, 0.717) is 6.54 Å². The minimum absolute atomic E-state index is 0.0253. The molecule has 0 fully saturated rings. The summed E-state index contributed by atoms with van der Waals surface area (Å²) >= 11 is 0. The number of hydrogen-bond acceptors (Lipinski definition) is 4. The fourth-order valence-electron chi connectivity index (χ4n) is 1.72. The first-order valence-corrected chi connectivity index (χ1v) is 6.58. The Morgan fingerprint density at radius 2 is 1.84 bits per heavy atom. The van der Waals surface area contributed by atoms with Crippen molar-refractivity contribution in [3.05, 3.63) is 29.3 Å². The Bertz CT molecular complexity index is 384. The third-order valence-corrected chi connectivity index (χ3v) is 3.04. The first kappa shape index (κ1) is 16.0. The van der Waals surface area contributed by atoms with Crippen LogP contribution in [0.3, 0.4) is 0 Å². The van der Waals surface area contributed by atoms with E-state index in [4.69, 9.17) is 9.84 Å². The van der Waals surface area contributed by atoms with Crippen molar-refractivity contribution < 1.29 is 14.9 Å². The van der Waals surface area contributed by atoms with Gasteiger partial charge in [0.2, 0.25) is 0 Å². The second-order valence-electron chi connectivity index (χ2n) is 5.61. The molecule has 19 heavy (non-hydrogen) atoms. The molecule has 0 aromatic heterocycles. The van der Waals surface area contributed by atoms with Gasteiger partial charge in [0.05, 0.1) is 6.61 Å². The Balaban J connectivity index is 2.44. The molecule has 1 rings (SSSR count). The van der Waals surface area contributed by atoms with Crippen LogP contribution >= 0.6 is 0 Å². The Kier molecular flexibility index (Phi) is 5.79. The van der Waals surface area contributed by atoms with Crippen molar-refractivity contribution in [2.45, 2.75) is 39.3 Å². The summed E-state index contributed by atoms with van der Waals surface area (Å²) < 4.78 is 5.68. The quantitative estimate of drug-likeness (QED) is 0.699. The molecule has 0 saturated heterocycles. The average Bonchev–Trinajstić information content (AvgIpc) is 2.36. The number of ether oxygens (including phenoxy) is 1. The summed E-state index contributed by atoms with van der Waals surface area (Å²) in [7, 11) is 0. The highest BCUT2D eigenvalue weighted by Crippen LogP contribution is 2.22. The van der Waals surface area contributed by atoms with Crippen molar-refractivity contribution >= 4 is 0 Å². The molecule has 0 aliphatic carbocycles. The van der Waals surface area contributed by atoms with Crippen LogP contribution in [0.25, 0.3) is 0 Å². The molecule has 3 N–H and O–H groups in total. The van der Waals surface area contributed by atoms with Crippen molar-refractivity contribution in [3.63, 3.8) is 0 Å². The maximum Gasteiger partial charge on any atom is 0.125 e. The van der Waals surface area contributed by atoms with Crippen LogP contribution in [-0.2, 0) is 0 Å². The highest BCUT2D eigenvalue weighted by atomic mass is 16.5. The van der Waals surface area contributed by atoms with E-state index < -0.39 is 6.10 Å². The van der Waals surface area contributed by atoms with Gasteiger partial charge in [-0.2, -0.15) is 0 Å². The van der Waals surface area contributed by atoms with Crippen LogP contribution in [0.4, 0.5) is 0 Å². The number of hydrogen-bond donors (Lipinski definition) is 3. The van der Waals surface area contributed by atoms with Gasteiger partial charge in [-0.15, -0.1) is 0 Å². The summed E-state index contributed by atoms with van der Waals surface area (Å²) in [6.45, 7) is 8.39. The second-order valence-corrected chi connectivity index (χ2v) is 5.61. The monoisotopic (exact) mass is 267 g/mol. The number of nitrogens with one attached hydrogen (secondary N) is 1. The molecule has 0 unspecified atom stereocenters. The summed E-state index contributed by atoms with van der Waals surface area (Å²) in [5, 5.41) is 22.1. The third-order valence-electron chi connectivity index (χ3n) is 3.04. The number of aliphatic hydroxyl groups is 2. The molecule has 0 aliphatic heterocycles. The molecular formula is C15H25NO3. The molecule has 0 spiro atoms. The number of aryl methyl sites for hydroxylation is 2. The summed E-state index contributed by atoms with van der Waals surface area (Å²) in [4.78, 5) is 0. The molecule has 108 valence electrons. The van der Waals surface area contributed by atoms with Gasteiger partial charge in [-0.1, -0.05) is 18.2 Å². The number of rotatable bonds is 7. The largest absolute Gasteiger partial charge is 0.490 e. The summed E-state index contributed by atoms with van der Waals surface area (Å²) in [6, 6.07) is 5.96. The average molecular weight is 267 g/mol. The standard InChI is InChI=1S/C15H25NO3/c1-11-6-5-7-12(2)14(11)19-9-13(18)8-16-15(3,4)10-17/h5-7,13,16-18H,8-10H2,1-4H3/t13-/m0/s1. The van der Waals surface area contributed by atoms with E-state index in [2.05, 4.69) is 5.32 Å². The van der Waals surface area contributed by atoms with Gasteiger partial charge in [0.1, 0.15) is 18.5 Å². The fraction of sp³-hybridized carbons (Fsp3) is 0.600. The fourth-order valence-corrected chi connectivity index (χ4v) is 1.72. The van der Waals surface area contributed by atoms with Crippen LogP contribution in [0, 0.1) is 13.8 Å². The molecule has 0 bridgehead atoms. The van der Waals surface area contributed by atoms with E-state index in [1.807, 2.05) is 45.9 Å². The van der Waals surface area contributed by atoms with Gasteiger partial charge in [0, 0.05) is 12.1 Å². The van der Waals surface area contributed by atoms with Gasteiger partial charge >= 0.3 is 0 Å². The predicted molar refractivity (Wildman–Crippen MR) is 76.6 cm³/mol. The molecule has 0 saturated carbocycles. The van der Waals surface area contributed by atoms with Gasteiger partial charge in [0.25, 0.3) is 0 Å². The minimum Gasteiger partial charge on any atom is -0.490 e. The molecule has 0 radical (unpaired) electrons. The molecule has 1 aromatic carbocycles. The first-order valence-electron chi connectivity index (χ1n) is 6.58. The van der Waals surface area contributed by atoms with Crippen molar-refractivity contribution in [1.29, 1.82) is 0 Å². The van der Waals surface area contributed by atoms with Crippen LogP contribution in [0.2, 0.25) is 0 Å². The summed E-state index contributed by atoms with van der Waals surface area (Å²) in [5.74, 6) is 0.836. The van der Waals surface area contributed by atoms with Crippen LogP contribution in [0.5, 0.6) is 5.75 Å². The van der Waals surface area contributed by atoms with Gasteiger partial charge in [-0.3, -0.25) is 0 Å². The Morgan fingerprint density at radius 3 is 2.37 bits per heavy atom. The van der Waals surface area contributed by atoms with Gasteiger partial charge < -0.3 is 20.3 Å². The van der Waals surface area contributed by atoms with Crippen LogP contribution in [-0.4, -0.2) is 41.6 Å². The van der Waals surface area contributed by atoms with E-state index in [1.54, 1.807) is 0 Å².